The second-order valence-corrected chi connectivity index (χ2v) is 7.67. The smallest absolute Gasteiger partial charge is 0.239 e. The molecule has 2 aliphatic rings. The van der Waals surface area contributed by atoms with Gasteiger partial charge in [0.25, 0.3) is 0 Å². The molecule has 1 unspecified atom stereocenters. The molecule has 4 rings (SSSR count). The standard InChI is InChI=1S/C20H23N3O4/c1-11-21-8-13(9-22-11)12-4-5-14-15(6-12)23(19(26)20(14,2)3)18-7-16(25)17(10-24)27-18/h4-6,8-9,16-18,24-25H,7,10H2,1-3H3/t16-,17+,18?/m0/s1. The van der Waals surface area contributed by atoms with E-state index in [1.807, 2.05) is 39.0 Å². The first-order valence-electron chi connectivity index (χ1n) is 9.04. The minimum absolute atomic E-state index is 0.0782. The first-order valence-corrected chi connectivity index (χ1v) is 9.04. The van der Waals surface area contributed by atoms with Crippen molar-refractivity contribution < 1.29 is 19.7 Å². The van der Waals surface area contributed by atoms with Crippen LogP contribution in [0.3, 0.4) is 0 Å². The summed E-state index contributed by atoms with van der Waals surface area (Å²) >= 11 is 0. The molecule has 3 atom stereocenters. The number of aryl methyl sites for hydroxylation is 1. The number of carbonyl (C=O) groups is 1. The number of amides is 1. The van der Waals surface area contributed by atoms with E-state index in [9.17, 15) is 15.0 Å². The molecule has 1 saturated heterocycles. The van der Waals surface area contributed by atoms with Gasteiger partial charge in [-0.2, -0.15) is 0 Å². The summed E-state index contributed by atoms with van der Waals surface area (Å²) in [5.41, 5.74) is 2.75. The molecule has 7 nitrogen and oxygen atoms in total. The minimum Gasteiger partial charge on any atom is -0.394 e. The summed E-state index contributed by atoms with van der Waals surface area (Å²) < 4.78 is 5.77. The van der Waals surface area contributed by atoms with Crippen molar-refractivity contribution in [2.24, 2.45) is 0 Å². The van der Waals surface area contributed by atoms with Crippen molar-refractivity contribution in [2.45, 2.75) is 51.0 Å². The van der Waals surface area contributed by atoms with E-state index in [4.69, 9.17) is 4.74 Å². The fraction of sp³-hybridized carbons (Fsp3) is 0.450. The number of carbonyl (C=O) groups excluding carboxylic acids is 1. The van der Waals surface area contributed by atoms with E-state index < -0.39 is 23.9 Å². The second kappa shape index (κ2) is 6.37. The van der Waals surface area contributed by atoms with Crippen LogP contribution in [0.4, 0.5) is 5.69 Å². The normalized spacial score (nSPS) is 26.5. The largest absolute Gasteiger partial charge is 0.394 e. The highest BCUT2D eigenvalue weighted by molar-refractivity contribution is 6.08. The number of aliphatic hydroxyl groups excluding tert-OH is 2. The van der Waals surface area contributed by atoms with Crippen molar-refractivity contribution in [3.63, 3.8) is 0 Å². The third-order valence-electron chi connectivity index (χ3n) is 5.47. The Morgan fingerprint density at radius 3 is 2.59 bits per heavy atom. The van der Waals surface area contributed by atoms with Gasteiger partial charge in [-0.3, -0.25) is 9.69 Å². The van der Waals surface area contributed by atoms with Crippen LogP contribution in [0, 0.1) is 6.92 Å². The topological polar surface area (TPSA) is 95.8 Å². The van der Waals surface area contributed by atoms with Gasteiger partial charge in [0.15, 0.2) is 0 Å². The van der Waals surface area contributed by atoms with E-state index in [1.54, 1.807) is 17.3 Å². The van der Waals surface area contributed by atoms with Gasteiger partial charge in [0, 0.05) is 24.4 Å². The number of hydrogen-bond acceptors (Lipinski definition) is 6. The molecule has 0 spiro atoms. The Balaban J connectivity index is 1.77. The lowest BCUT2D eigenvalue weighted by molar-refractivity contribution is -0.125. The molecule has 7 heteroatoms. The summed E-state index contributed by atoms with van der Waals surface area (Å²) in [6.07, 6.45) is 1.71. The number of benzene rings is 1. The molecule has 0 aliphatic carbocycles. The molecule has 2 N–H and O–H groups in total. The number of anilines is 1. The molecule has 2 aliphatic heterocycles. The van der Waals surface area contributed by atoms with E-state index in [1.165, 1.54) is 0 Å². The monoisotopic (exact) mass is 369 g/mol. The zero-order valence-corrected chi connectivity index (χ0v) is 15.6. The number of rotatable bonds is 3. The Morgan fingerprint density at radius 2 is 1.96 bits per heavy atom. The molecule has 1 aromatic carbocycles. The molecule has 0 radical (unpaired) electrons. The van der Waals surface area contributed by atoms with Crippen LogP contribution in [-0.2, 0) is 14.9 Å². The summed E-state index contributed by atoms with van der Waals surface area (Å²) in [5.74, 6) is 0.617. The van der Waals surface area contributed by atoms with Crippen molar-refractivity contribution in [3.8, 4) is 11.1 Å². The van der Waals surface area contributed by atoms with Crippen LogP contribution in [0.2, 0.25) is 0 Å². The number of fused-ring (bicyclic) bond motifs is 1. The van der Waals surface area contributed by atoms with Crippen molar-refractivity contribution >= 4 is 11.6 Å². The summed E-state index contributed by atoms with van der Waals surface area (Å²) in [6, 6.07) is 5.86. The van der Waals surface area contributed by atoms with Crippen LogP contribution in [0.15, 0.2) is 30.6 Å². The molecule has 3 heterocycles. The van der Waals surface area contributed by atoms with Gasteiger partial charge in [-0.1, -0.05) is 12.1 Å². The van der Waals surface area contributed by atoms with Gasteiger partial charge in [-0.25, -0.2) is 9.97 Å². The Kier molecular flexibility index (Phi) is 4.25. The molecule has 1 fully saturated rings. The molecule has 0 saturated carbocycles. The maximum Gasteiger partial charge on any atom is 0.239 e. The average Bonchev–Trinajstić information content (AvgIpc) is 3.10. The van der Waals surface area contributed by atoms with Gasteiger partial charge in [-0.05, 0) is 38.0 Å². The highest BCUT2D eigenvalue weighted by Crippen LogP contribution is 2.46. The lowest BCUT2D eigenvalue weighted by Gasteiger charge is -2.26. The van der Waals surface area contributed by atoms with Gasteiger partial charge in [0.1, 0.15) is 18.2 Å². The maximum atomic E-state index is 13.1. The Bertz CT molecular complexity index is 881. The SMILES string of the molecule is Cc1ncc(-c2ccc3c(c2)N(C2C[C@H](O)[C@@H](CO)O2)C(=O)C3(C)C)cn1. The third kappa shape index (κ3) is 2.82. The molecule has 2 aromatic rings. The highest BCUT2D eigenvalue weighted by atomic mass is 16.5. The first-order chi connectivity index (χ1) is 12.8. The molecule has 142 valence electrons. The zero-order chi connectivity index (χ0) is 19.3. The third-order valence-corrected chi connectivity index (χ3v) is 5.47. The van der Waals surface area contributed by atoms with Gasteiger partial charge >= 0.3 is 0 Å². The lowest BCUT2D eigenvalue weighted by atomic mass is 9.85. The van der Waals surface area contributed by atoms with Gasteiger partial charge in [-0.15, -0.1) is 0 Å². The van der Waals surface area contributed by atoms with Crippen LogP contribution in [0.1, 0.15) is 31.7 Å². The van der Waals surface area contributed by atoms with Gasteiger partial charge < -0.3 is 14.9 Å². The van der Waals surface area contributed by atoms with Crippen LogP contribution in [0.5, 0.6) is 0 Å². The molecule has 1 aromatic heterocycles. The van der Waals surface area contributed by atoms with Crippen molar-refractivity contribution in [3.05, 3.63) is 42.0 Å². The van der Waals surface area contributed by atoms with Gasteiger partial charge in [0.05, 0.1) is 23.8 Å². The van der Waals surface area contributed by atoms with Gasteiger partial charge in [0.2, 0.25) is 5.91 Å². The van der Waals surface area contributed by atoms with E-state index in [2.05, 4.69) is 9.97 Å². The summed E-state index contributed by atoms with van der Waals surface area (Å²) in [7, 11) is 0. The van der Waals surface area contributed by atoms with E-state index in [-0.39, 0.29) is 18.9 Å². The fourth-order valence-corrected chi connectivity index (χ4v) is 3.83. The number of hydrogen-bond donors (Lipinski definition) is 2. The van der Waals surface area contributed by atoms with Crippen molar-refractivity contribution in [1.29, 1.82) is 0 Å². The van der Waals surface area contributed by atoms with Crippen LogP contribution in [0.25, 0.3) is 11.1 Å². The Hall–Kier alpha value is -2.35. The van der Waals surface area contributed by atoms with E-state index in [0.29, 0.717) is 5.82 Å². The number of aliphatic hydroxyl groups is 2. The quantitative estimate of drug-likeness (QED) is 0.852. The zero-order valence-electron chi connectivity index (χ0n) is 15.6. The molecule has 27 heavy (non-hydrogen) atoms. The van der Waals surface area contributed by atoms with Crippen LogP contribution >= 0.6 is 0 Å². The van der Waals surface area contributed by atoms with Crippen molar-refractivity contribution in [1.82, 2.24) is 9.97 Å². The second-order valence-electron chi connectivity index (χ2n) is 7.67. The van der Waals surface area contributed by atoms with E-state index in [0.717, 1.165) is 22.4 Å². The number of nitrogens with zero attached hydrogens (tertiary/aromatic N) is 3. The molecular formula is C20H23N3O4. The maximum absolute atomic E-state index is 13.1. The lowest BCUT2D eigenvalue weighted by Crippen LogP contribution is -2.43. The van der Waals surface area contributed by atoms with Crippen LogP contribution < -0.4 is 4.90 Å². The Labute approximate surface area is 157 Å². The molecular weight excluding hydrogens is 346 g/mol. The minimum atomic E-state index is -0.798. The highest BCUT2D eigenvalue weighted by Gasteiger charge is 2.49. The van der Waals surface area contributed by atoms with Crippen LogP contribution in [-0.4, -0.2) is 51.1 Å². The molecule has 0 bridgehead atoms. The van der Waals surface area contributed by atoms with Crippen molar-refractivity contribution in [2.75, 3.05) is 11.5 Å². The predicted molar refractivity (Wildman–Crippen MR) is 99.1 cm³/mol. The predicted octanol–water partition coefficient (Wildman–Crippen LogP) is 1.54. The Morgan fingerprint density at radius 1 is 1.26 bits per heavy atom. The number of ether oxygens (including phenoxy) is 1. The first kappa shape index (κ1) is 18.0. The average molecular weight is 369 g/mol. The summed E-state index contributed by atoms with van der Waals surface area (Å²) in [4.78, 5) is 23.2. The number of aromatic nitrogens is 2. The summed E-state index contributed by atoms with van der Waals surface area (Å²) in [6.45, 7) is 5.32. The molecule has 1 amide bonds. The summed E-state index contributed by atoms with van der Waals surface area (Å²) in [5, 5.41) is 19.5. The van der Waals surface area contributed by atoms with E-state index >= 15 is 0 Å². The fourth-order valence-electron chi connectivity index (χ4n) is 3.83.